The number of nitrogens with one attached hydrogen (secondary N) is 1. The number of rotatable bonds is 4. The second-order valence-corrected chi connectivity index (χ2v) is 5.59. The smallest absolute Gasteiger partial charge is 0.159 e. The molecule has 2 aromatic carbocycles. The van der Waals surface area contributed by atoms with Crippen LogP contribution in [0.2, 0.25) is 0 Å². The summed E-state index contributed by atoms with van der Waals surface area (Å²) in [7, 11) is 3.35. The summed E-state index contributed by atoms with van der Waals surface area (Å²) in [5.74, 6) is -1.02. The fourth-order valence-corrected chi connectivity index (χ4v) is 2.63. The summed E-state index contributed by atoms with van der Waals surface area (Å²) < 4.78 is 32.9. The molecule has 2 rings (SSSR count). The number of hydrogen-bond donors (Lipinski definition) is 1. The Kier molecular flexibility index (Phi) is 4.96. The van der Waals surface area contributed by atoms with E-state index in [1.165, 1.54) is 6.07 Å². The number of halogens is 3. The van der Waals surface area contributed by atoms with Crippen molar-refractivity contribution >= 4 is 15.9 Å². The maximum atomic E-state index is 13.5. The zero-order valence-electron chi connectivity index (χ0n) is 12.0. The predicted molar refractivity (Wildman–Crippen MR) is 82.7 cm³/mol. The molecule has 0 heterocycles. The third-order valence-electron chi connectivity index (χ3n) is 3.39. The molecular weight excluding hydrogens is 340 g/mol. The van der Waals surface area contributed by atoms with Crippen LogP contribution in [-0.2, 0) is 0 Å². The lowest BCUT2D eigenvalue weighted by Gasteiger charge is -2.21. The molecule has 1 N–H and O–H groups in total. The quantitative estimate of drug-likeness (QED) is 0.879. The molecule has 0 aliphatic carbocycles. The molecule has 0 fully saturated rings. The third-order valence-corrected chi connectivity index (χ3v) is 4.24. The Labute approximate surface area is 131 Å². The van der Waals surface area contributed by atoms with Crippen molar-refractivity contribution in [2.75, 3.05) is 14.2 Å². The van der Waals surface area contributed by atoms with Gasteiger partial charge < -0.3 is 10.1 Å². The Bertz CT molecular complexity index is 661. The second kappa shape index (κ2) is 6.54. The van der Waals surface area contributed by atoms with E-state index >= 15 is 0 Å². The highest BCUT2D eigenvalue weighted by Crippen LogP contribution is 2.34. The van der Waals surface area contributed by atoms with E-state index in [9.17, 15) is 8.78 Å². The first kappa shape index (κ1) is 15.9. The van der Waals surface area contributed by atoms with Crippen molar-refractivity contribution in [1.82, 2.24) is 5.32 Å². The Morgan fingerprint density at radius 2 is 1.86 bits per heavy atom. The van der Waals surface area contributed by atoms with Gasteiger partial charge in [-0.15, -0.1) is 0 Å². The molecule has 0 aliphatic rings. The SMILES string of the molecule is CNC(c1ccc(F)c(F)c1)c1cc(Br)c(C)cc1OC. The van der Waals surface area contributed by atoms with Crippen LogP contribution in [-0.4, -0.2) is 14.2 Å². The Balaban J connectivity index is 2.55. The summed E-state index contributed by atoms with van der Waals surface area (Å²) in [5, 5.41) is 3.11. The highest BCUT2D eigenvalue weighted by Gasteiger charge is 2.19. The van der Waals surface area contributed by atoms with E-state index in [1.54, 1.807) is 20.2 Å². The maximum Gasteiger partial charge on any atom is 0.159 e. The minimum atomic E-state index is -0.863. The lowest BCUT2D eigenvalue weighted by atomic mass is 9.96. The van der Waals surface area contributed by atoms with Gasteiger partial charge in [0.25, 0.3) is 0 Å². The lowest BCUT2D eigenvalue weighted by molar-refractivity contribution is 0.404. The molecule has 0 radical (unpaired) electrons. The van der Waals surface area contributed by atoms with Crippen molar-refractivity contribution in [3.05, 3.63) is 63.1 Å². The summed E-state index contributed by atoms with van der Waals surface area (Å²) >= 11 is 3.49. The summed E-state index contributed by atoms with van der Waals surface area (Å²) in [6, 6.07) is 7.42. The molecule has 5 heteroatoms. The number of ether oxygens (including phenoxy) is 1. The van der Waals surface area contributed by atoms with Gasteiger partial charge in [0.15, 0.2) is 11.6 Å². The number of hydrogen-bond acceptors (Lipinski definition) is 2. The van der Waals surface area contributed by atoms with Gasteiger partial charge in [0.1, 0.15) is 5.75 Å². The maximum absolute atomic E-state index is 13.5. The largest absolute Gasteiger partial charge is 0.496 e. The summed E-state index contributed by atoms with van der Waals surface area (Å²) in [4.78, 5) is 0. The van der Waals surface area contributed by atoms with Crippen LogP contribution in [0.4, 0.5) is 8.78 Å². The summed E-state index contributed by atoms with van der Waals surface area (Å²) in [6.45, 7) is 1.96. The van der Waals surface area contributed by atoms with Gasteiger partial charge in [0.2, 0.25) is 0 Å². The van der Waals surface area contributed by atoms with Crippen molar-refractivity contribution in [2.45, 2.75) is 13.0 Å². The minimum Gasteiger partial charge on any atom is -0.496 e. The zero-order chi connectivity index (χ0) is 15.6. The van der Waals surface area contributed by atoms with Crippen LogP contribution >= 0.6 is 15.9 Å². The molecule has 0 saturated heterocycles. The van der Waals surface area contributed by atoms with Crippen LogP contribution in [0.5, 0.6) is 5.75 Å². The van der Waals surface area contributed by atoms with E-state index in [-0.39, 0.29) is 6.04 Å². The highest BCUT2D eigenvalue weighted by molar-refractivity contribution is 9.10. The first-order valence-electron chi connectivity index (χ1n) is 6.44. The Hall–Kier alpha value is -1.46. The van der Waals surface area contributed by atoms with Gasteiger partial charge in [0.05, 0.1) is 13.2 Å². The molecule has 0 bridgehead atoms. The van der Waals surface area contributed by atoms with Crippen molar-refractivity contribution < 1.29 is 13.5 Å². The number of aryl methyl sites for hydroxylation is 1. The summed E-state index contributed by atoms with van der Waals surface area (Å²) in [5.41, 5.74) is 2.52. The van der Waals surface area contributed by atoms with Crippen LogP contribution in [0.15, 0.2) is 34.8 Å². The van der Waals surface area contributed by atoms with E-state index in [1.807, 2.05) is 19.1 Å². The van der Waals surface area contributed by atoms with E-state index in [4.69, 9.17) is 4.74 Å². The third kappa shape index (κ3) is 3.24. The summed E-state index contributed by atoms with van der Waals surface area (Å²) in [6.07, 6.45) is 0. The van der Waals surface area contributed by atoms with Crippen LogP contribution in [0, 0.1) is 18.6 Å². The number of methoxy groups -OCH3 is 1. The molecule has 2 nitrogen and oxygen atoms in total. The normalized spacial score (nSPS) is 12.3. The average molecular weight is 356 g/mol. The fourth-order valence-electron chi connectivity index (χ4n) is 2.27. The van der Waals surface area contributed by atoms with Gasteiger partial charge in [-0.3, -0.25) is 0 Å². The first-order chi connectivity index (χ1) is 9.97. The Morgan fingerprint density at radius 3 is 2.43 bits per heavy atom. The molecule has 1 atom stereocenters. The van der Waals surface area contributed by atoms with E-state index in [2.05, 4.69) is 21.2 Å². The molecule has 0 spiro atoms. The van der Waals surface area contributed by atoms with Crippen LogP contribution < -0.4 is 10.1 Å². The minimum absolute atomic E-state index is 0.299. The van der Waals surface area contributed by atoms with Gasteiger partial charge in [-0.25, -0.2) is 8.78 Å². The van der Waals surface area contributed by atoms with Crippen LogP contribution in [0.25, 0.3) is 0 Å². The molecule has 112 valence electrons. The molecule has 0 aromatic heterocycles. The van der Waals surface area contributed by atoms with E-state index in [0.29, 0.717) is 11.3 Å². The Morgan fingerprint density at radius 1 is 1.14 bits per heavy atom. The van der Waals surface area contributed by atoms with Crippen LogP contribution in [0.3, 0.4) is 0 Å². The van der Waals surface area contributed by atoms with E-state index < -0.39 is 11.6 Å². The molecule has 0 amide bonds. The van der Waals surface area contributed by atoms with Gasteiger partial charge in [-0.05, 0) is 49.4 Å². The second-order valence-electron chi connectivity index (χ2n) is 4.74. The van der Waals surface area contributed by atoms with Gasteiger partial charge in [-0.1, -0.05) is 22.0 Å². The van der Waals surface area contributed by atoms with E-state index in [0.717, 1.165) is 21.7 Å². The first-order valence-corrected chi connectivity index (χ1v) is 7.23. The van der Waals surface area contributed by atoms with Gasteiger partial charge in [-0.2, -0.15) is 0 Å². The fraction of sp³-hybridized carbons (Fsp3) is 0.250. The highest BCUT2D eigenvalue weighted by atomic mass is 79.9. The van der Waals surface area contributed by atoms with Gasteiger partial charge in [0, 0.05) is 10.0 Å². The number of benzene rings is 2. The van der Waals surface area contributed by atoms with Crippen molar-refractivity contribution in [3.8, 4) is 5.75 Å². The molecule has 1 unspecified atom stereocenters. The monoisotopic (exact) mass is 355 g/mol. The average Bonchev–Trinajstić information content (AvgIpc) is 2.46. The molecule has 0 aliphatic heterocycles. The molecular formula is C16H16BrF2NO. The lowest BCUT2D eigenvalue weighted by Crippen LogP contribution is -2.19. The standard InChI is InChI=1S/C16H16BrF2NO/c1-9-6-15(21-3)11(8-12(9)17)16(20-2)10-4-5-13(18)14(19)7-10/h4-8,16,20H,1-3H3. The molecule has 0 saturated carbocycles. The van der Waals surface area contributed by atoms with Crippen LogP contribution in [0.1, 0.15) is 22.7 Å². The van der Waals surface area contributed by atoms with Crippen molar-refractivity contribution in [2.24, 2.45) is 0 Å². The zero-order valence-corrected chi connectivity index (χ0v) is 13.6. The molecule has 2 aromatic rings. The molecule has 21 heavy (non-hydrogen) atoms. The van der Waals surface area contributed by atoms with Crippen molar-refractivity contribution in [3.63, 3.8) is 0 Å². The van der Waals surface area contributed by atoms with Gasteiger partial charge >= 0.3 is 0 Å². The predicted octanol–water partition coefficient (Wildman–Crippen LogP) is 4.35. The van der Waals surface area contributed by atoms with Crippen molar-refractivity contribution in [1.29, 1.82) is 0 Å². The topological polar surface area (TPSA) is 21.3 Å².